The molecule has 2 aromatic carbocycles. The summed E-state index contributed by atoms with van der Waals surface area (Å²) in [4.78, 5) is 8.00. The van der Waals surface area contributed by atoms with Crippen molar-refractivity contribution in [2.75, 3.05) is 0 Å². The summed E-state index contributed by atoms with van der Waals surface area (Å²) < 4.78 is 0. The van der Waals surface area contributed by atoms with Crippen LogP contribution < -0.4 is 0 Å². The second-order valence-electron chi connectivity index (χ2n) is 3.92. The monoisotopic (exact) mass is 226 g/mol. The molecule has 0 spiro atoms. The zero-order valence-corrected chi connectivity index (χ0v) is 10.4. The zero-order chi connectivity index (χ0) is 12.7. The van der Waals surface area contributed by atoms with Crippen molar-refractivity contribution in [3.63, 3.8) is 0 Å². The number of carbonyl (C=O) groups is 1. The lowest BCUT2D eigenvalue weighted by molar-refractivity contribution is -0.0979. The van der Waals surface area contributed by atoms with Crippen molar-refractivity contribution < 1.29 is 4.79 Å². The molecule has 0 saturated carbocycles. The molecule has 0 atom stereocenters. The van der Waals surface area contributed by atoms with Crippen LogP contribution >= 0.6 is 0 Å². The third-order valence-electron chi connectivity index (χ3n) is 2.57. The molecule has 0 fully saturated rings. The van der Waals surface area contributed by atoms with Gasteiger partial charge in [0.25, 0.3) is 0 Å². The standard InChI is InChI=1S/C15H16.CH2O/c1-3-4-5-13-7-9-14-10-12(2)6-8-15(14)11-13;1-2/h4-11H,3H2,1-2H3;1H2. The number of carbonyl (C=O) groups excluding carboxylic acids is 1. The molecular formula is C16H18O. The molecule has 0 N–H and O–H groups in total. The van der Waals surface area contributed by atoms with Gasteiger partial charge in [0.1, 0.15) is 6.79 Å². The largest absolute Gasteiger partial charge is 0.307 e. The van der Waals surface area contributed by atoms with Gasteiger partial charge in [0.15, 0.2) is 0 Å². The Morgan fingerprint density at radius 3 is 2.41 bits per heavy atom. The van der Waals surface area contributed by atoms with Crippen LogP contribution in [-0.4, -0.2) is 6.79 Å². The topological polar surface area (TPSA) is 17.1 Å². The van der Waals surface area contributed by atoms with Crippen molar-refractivity contribution in [3.8, 4) is 0 Å². The highest BCUT2D eigenvalue weighted by Crippen LogP contribution is 2.18. The molecule has 0 radical (unpaired) electrons. The van der Waals surface area contributed by atoms with Crippen molar-refractivity contribution in [2.45, 2.75) is 20.3 Å². The van der Waals surface area contributed by atoms with Crippen LogP contribution in [0, 0.1) is 6.92 Å². The summed E-state index contributed by atoms with van der Waals surface area (Å²) in [6.45, 7) is 6.28. The minimum absolute atomic E-state index is 1.09. The lowest BCUT2D eigenvalue weighted by atomic mass is 10.0. The average molecular weight is 226 g/mol. The van der Waals surface area contributed by atoms with Gasteiger partial charge in [-0.2, -0.15) is 0 Å². The Morgan fingerprint density at radius 1 is 1.06 bits per heavy atom. The van der Waals surface area contributed by atoms with Gasteiger partial charge in [-0.15, -0.1) is 0 Å². The van der Waals surface area contributed by atoms with Crippen LogP contribution in [0.25, 0.3) is 16.8 Å². The fourth-order valence-corrected chi connectivity index (χ4v) is 1.74. The molecule has 1 nitrogen and oxygen atoms in total. The number of rotatable bonds is 2. The third kappa shape index (κ3) is 3.56. The highest BCUT2D eigenvalue weighted by Gasteiger charge is 1.94. The maximum Gasteiger partial charge on any atom is 0.106 e. The molecule has 0 aliphatic carbocycles. The van der Waals surface area contributed by atoms with E-state index in [-0.39, 0.29) is 0 Å². The molecule has 88 valence electrons. The van der Waals surface area contributed by atoms with E-state index >= 15 is 0 Å². The summed E-state index contributed by atoms with van der Waals surface area (Å²) >= 11 is 0. The molecule has 2 rings (SSSR count). The van der Waals surface area contributed by atoms with Crippen molar-refractivity contribution in [3.05, 3.63) is 53.6 Å². The van der Waals surface area contributed by atoms with E-state index in [1.807, 2.05) is 6.79 Å². The summed E-state index contributed by atoms with van der Waals surface area (Å²) in [6, 6.07) is 13.2. The summed E-state index contributed by atoms with van der Waals surface area (Å²) in [5, 5.41) is 2.64. The van der Waals surface area contributed by atoms with Gasteiger partial charge in [0.2, 0.25) is 0 Å². The van der Waals surface area contributed by atoms with Crippen LogP contribution in [0.1, 0.15) is 24.5 Å². The van der Waals surface area contributed by atoms with Crippen molar-refractivity contribution in [2.24, 2.45) is 0 Å². The molecule has 1 heteroatoms. The molecule has 0 aliphatic heterocycles. The highest BCUT2D eigenvalue weighted by molar-refractivity contribution is 5.85. The van der Waals surface area contributed by atoms with Gasteiger partial charge in [0.05, 0.1) is 0 Å². The van der Waals surface area contributed by atoms with Gasteiger partial charge in [-0.05, 0) is 35.7 Å². The first-order valence-corrected chi connectivity index (χ1v) is 5.75. The first kappa shape index (κ1) is 13.2. The summed E-state index contributed by atoms with van der Waals surface area (Å²) in [5.74, 6) is 0. The van der Waals surface area contributed by atoms with Crippen LogP contribution in [-0.2, 0) is 4.79 Å². The van der Waals surface area contributed by atoms with Crippen molar-refractivity contribution in [1.29, 1.82) is 0 Å². The number of hydrogen-bond donors (Lipinski definition) is 0. The van der Waals surface area contributed by atoms with Crippen molar-refractivity contribution >= 4 is 23.6 Å². The van der Waals surface area contributed by atoms with E-state index in [0.29, 0.717) is 0 Å². The summed E-state index contributed by atoms with van der Waals surface area (Å²) in [6.07, 6.45) is 5.46. The van der Waals surface area contributed by atoms with Crippen molar-refractivity contribution in [1.82, 2.24) is 0 Å². The first-order chi connectivity index (χ1) is 8.29. The van der Waals surface area contributed by atoms with Gasteiger partial charge in [-0.25, -0.2) is 0 Å². The van der Waals surface area contributed by atoms with E-state index in [0.717, 1.165) is 6.42 Å². The first-order valence-electron chi connectivity index (χ1n) is 5.75. The van der Waals surface area contributed by atoms with Gasteiger partial charge >= 0.3 is 0 Å². The molecule has 0 unspecified atom stereocenters. The molecule has 17 heavy (non-hydrogen) atoms. The lowest BCUT2D eigenvalue weighted by Crippen LogP contribution is -1.77. The third-order valence-corrected chi connectivity index (χ3v) is 2.57. The molecule has 2 aromatic rings. The average Bonchev–Trinajstić information content (AvgIpc) is 2.38. The molecule has 0 saturated heterocycles. The van der Waals surface area contributed by atoms with Crippen LogP contribution in [0.2, 0.25) is 0 Å². The zero-order valence-electron chi connectivity index (χ0n) is 10.4. The van der Waals surface area contributed by atoms with Gasteiger partial charge in [-0.3, -0.25) is 0 Å². The Morgan fingerprint density at radius 2 is 1.71 bits per heavy atom. The minimum Gasteiger partial charge on any atom is -0.307 e. The Bertz CT molecular complexity index is 512. The predicted octanol–water partition coefficient (Wildman–Crippen LogP) is 4.39. The number of allylic oxidation sites excluding steroid dienone is 1. The quantitative estimate of drug-likeness (QED) is 0.742. The summed E-state index contributed by atoms with van der Waals surface area (Å²) in [5.41, 5.74) is 2.60. The summed E-state index contributed by atoms with van der Waals surface area (Å²) in [7, 11) is 0. The molecule has 0 aliphatic rings. The van der Waals surface area contributed by atoms with Crippen LogP contribution in [0.4, 0.5) is 0 Å². The molecule has 0 amide bonds. The van der Waals surface area contributed by atoms with Crippen LogP contribution in [0.5, 0.6) is 0 Å². The second kappa shape index (κ2) is 6.64. The van der Waals surface area contributed by atoms with Crippen LogP contribution in [0.3, 0.4) is 0 Å². The Balaban J connectivity index is 0.000000686. The van der Waals surface area contributed by atoms with E-state index in [2.05, 4.69) is 62.4 Å². The molecular weight excluding hydrogens is 208 g/mol. The second-order valence-corrected chi connectivity index (χ2v) is 3.92. The fourth-order valence-electron chi connectivity index (χ4n) is 1.74. The fraction of sp³-hybridized carbons (Fsp3) is 0.188. The van der Waals surface area contributed by atoms with Gasteiger partial charge < -0.3 is 4.79 Å². The smallest absolute Gasteiger partial charge is 0.106 e. The number of aryl methyl sites for hydroxylation is 1. The Hall–Kier alpha value is -1.89. The van der Waals surface area contributed by atoms with Gasteiger partial charge in [0, 0.05) is 0 Å². The number of hydrogen-bond acceptors (Lipinski definition) is 1. The number of fused-ring (bicyclic) bond motifs is 1. The van der Waals surface area contributed by atoms with E-state index in [4.69, 9.17) is 4.79 Å². The van der Waals surface area contributed by atoms with E-state index < -0.39 is 0 Å². The normalized spacial score (nSPS) is 10.2. The van der Waals surface area contributed by atoms with Gasteiger partial charge in [-0.1, -0.05) is 55.0 Å². The predicted molar refractivity (Wildman–Crippen MR) is 75.1 cm³/mol. The molecule has 0 aromatic heterocycles. The van der Waals surface area contributed by atoms with E-state index in [1.54, 1.807) is 0 Å². The number of benzene rings is 2. The maximum atomic E-state index is 8.00. The Labute approximate surface area is 103 Å². The highest BCUT2D eigenvalue weighted by atomic mass is 16.1. The van der Waals surface area contributed by atoms with Crippen LogP contribution in [0.15, 0.2) is 42.5 Å². The SMILES string of the molecule is C=O.CCC=Cc1ccc2cc(C)ccc2c1. The molecule has 0 heterocycles. The lowest BCUT2D eigenvalue weighted by Gasteiger charge is -2.01. The van der Waals surface area contributed by atoms with E-state index in [1.165, 1.54) is 21.9 Å². The minimum atomic E-state index is 1.09. The molecule has 0 bridgehead atoms. The maximum absolute atomic E-state index is 8.00. The van der Waals surface area contributed by atoms with E-state index in [9.17, 15) is 0 Å². The Kier molecular flexibility index (Phi) is 5.15.